The summed E-state index contributed by atoms with van der Waals surface area (Å²) in [5, 5.41) is 6.51. The highest BCUT2D eigenvalue weighted by molar-refractivity contribution is 7.09. The fourth-order valence-electron chi connectivity index (χ4n) is 2.90. The number of benzene rings is 1. The number of hydrogen-bond acceptors (Lipinski definition) is 6. The Bertz CT molecular complexity index is 814. The molecule has 7 heteroatoms. The van der Waals surface area contributed by atoms with Gasteiger partial charge in [0.2, 0.25) is 0 Å². The van der Waals surface area contributed by atoms with Crippen LogP contribution in [0, 0.1) is 0 Å². The van der Waals surface area contributed by atoms with E-state index in [2.05, 4.69) is 21.1 Å². The molecule has 0 fully saturated rings. The molecule has 6 nitrogen and oxygen atoms in total. The second kappa shape index (κ2) is 7.35. The van der Waals surface area contributed by atoms with Gasteiger partial charge in [-0.1, -0.05) is 0 Å². The fraction of sp³-hybridized carbons (Fsp3) is 0.333. The van der Waals surface area contributed by atoms with Crippen LogP contribution in [-0.2, 0) is 24.4 Å². The number of nitrogens with zero attached hydrogens (tertiary/aromatic N) is 3. The molecule has 4 rings (SSSR count). The molecule has 2 aromatic heterocycles. The molecule has 0 amide bonds. The van der Waals surface area contributed by atoms with E-state index < -0.39 is 0 Å². The van der Waals surface area contributed by atoms with Crippen LogP contribution in [0.4, 0.5) is 0 Å². The Hall–Kier alpha value is -2.22. The van der Waals surface area contributed by atoms with Gasteiger partial charge in [-0.25, -0.2) is 9.97 Å². The average molecular weight is 356 g/mol. The molecule has 3 aromatic rings. The molecular formula is C18H20N4O2S. The molecule has 0 saturated heterocycles. The zero-order valence-corrected chi connectivity index (χ0v) is 14.8. The molecule has 3 heterocycles. The zero-order chi connectivity index (χ0) is 17.1. The number of rotatable bonds is 6. The van der Waals surface area contributed by atoms with Crippen molar-refractivity contribution in [2.45, 2.75) is 25.8 Å². The lowest BCUT2D eigenvalue weighted by Crippen LogP contribution is -2.35. The van der Waals surface area contributed by atoms with E-state index in [4.69, 9.17) is 14.5 Å². The van der Waals surface area contributed by atoms with Gasteiger partial charge >= 0.3 is 0 Å². The minimum absolute atomic E-state index is 0.144. The fourth-order valence-corrected chi connectivity index (χ4v) is 3.48. The van der Waals surface area contributed by atoms with Crippen LogP contribution in [0.2, 0.25) is 0 Å². The average Bonchev–Trinajstić information content (AvgIpc) is 3.31. The molecule has 1 N–H and O–H groups in total. The maximum Gasteiger partial charge on any atom is 0.135 e. The second-order valence-corrected chi connectivity index (χ2v) is 6.89. The summed E-state index contributed by atoms with van der Waals surface area (Å²) in [6, 6.07) is 7.97. The number of fused-ring (bicyclic) bond motifs is 1. The number of methoxy groups -OCH3 is 1. The first-order valence-electron chi connectivity index (χ1n) is 8.23. The summed E-state index contributed by atoms with van der Waals surface area (Å²) >= 11 is 1.66. The quantitative estimate of drug-likeness (QED) is 0.736. The maximum absolute atomic E-state index is 5.93. The summed E-state index contributed by atoms with van der Waals surface area (Å²) < 4.78 is 13.3. The number of imidazole rings is 1. The lowest BCUT2D eigenvalue weighted by atomic mass is 10.2. The standard InChI is InChI=1S/C18H20N4O2S/c1-23-14-4-2-13(3-5-14)16-11-22-10-15(24-12-17(22)21-16)8-19-9-18-20-6-7-25-18/h2-7,11,15,19H,8-10,12H2,1H3/t15-/m0/s1. The van der Waals surface area contributed by atoms with Gasteiger partial charge in [-0.3, -0.25) is 0 Å². The van der Waals surface area contributed by atoms with Crippen molar-refractivity contribution in [3.05, 3.63) is 52.9 Å². The van der Waals surface area contributed by atoms with Crippen molar-refractivity contribution < 1.29 is 9.47 Å². The third-order valence-electron chi connectivity index (χ3n) is 4.23. The van der Waals surface area contributed by atoms with Crippen molar-refractivity contribution in [2.75, 3.05) is 13.7 Å². The van der Waals surface area contributed by atoms with Crippen molar-refractivity contribution in [3.63, 3.8) is 0 Å². The Balaban J connectivity index is 1.38. The molecule has 0 unspecified atom stereocenters. The van der Waals surface area contributed by atoms with Crippen molar-refractivity contribution >= 4 is 11.3 Å². The number of nitrogens with one attached hydrogen (secondary N) is 1. The number of ether oxygens (including phenoxy) is 2. The highest BCUT2D eigenvalue weighted by Crippen LogP contribution is 2.24. The van der Waals surface area contributed by atoms with Crippen LogP contribution >= 0.6 is 11.3 Å². The number of aromatic nitrogens is 3. The van der Waals surface area contributed by atoms with E-state index in [1.807, 2.05) is 35.8 Å². The monoisotopic (exact) mass is 356 g/mol. The van der Waals surface area contributed by atoms with E-state index in [0.29, 0.717) is 6.61 Å². The molecule has 0 spiro atoms. The second-order valence-electron chi connectivity index (χ2n) is 5.91. The third-order valence-corrected chi connectivity index (χ3v) is 5.00. The number of thiazole rings is 1. The van der Waals surface area contributed by atoms with Gasteiger partial charge in [0.05, 0.1) is 25.5 Å². The maximum atomic E-state index is 5.93. The summed E-state index contributed by atoms with van der Waals surface area (Å²) in [7, 11) is 1.67. The predicted molar refractivity (Wildman–Crippen MR) is 96.6 cm³/mol. The van der Waals surface area contributed by atoms with Crippen molar-refractivity contribution in [2.24, 2.45) is 0 Å². The van der Waals surface area contributed by atoms with Crippen LogP contribution < -0.4 is 10.1 Å². The third kappa shape index (κ3) is 3.73. The van der Waals surface area contributed by atoms with E-state index in [9.17, 15) is 0 Å². The SMILES string of the molecule is COc1ccc(-c2cn3c(n2)CO[C@@H](CNCc2nccs2)C3)cc1. The summed E-state index contributed by atoms with van der Waals surface area (Å²) in [5.41, 5.74) is 2.05. The molecule has 1 aliphatic rings. The zero-order valence-electron chi connectivity index (χ0n) is 14.0. The topological polar surface area (TPSA) is 61.2 Å². The highest BCUT2D eigenvalue weighted by atomic mass is 32.1. The van der Waals surface area contributed by atoms with Gasteiger partial charge in [-0.2, -0.15) is 0 Å². The van der Waals surface area contributed by atoms with Gasteiger partial charge in [0.15, 0.2) is 0 Å². The van der Waals surface area contributed by atoms with Gasteiger partial charge in [-0.05, 0) is 24.3 Å². The van der Waals surface area contributed by atoms with Crippen LogP contribution in [0.1, 0.15) is 10.8 Å². The summed E-state index contributed by atoms with van der Waals surface area (Å²) in [5.74, 6) is 1.82. The van der Waals surface area contributed by atoms with Gasteiger partial charge in [-0.15, -0.1) is 11.3 Å². The van der Waals surface area contributed by atoms with Gasteiger partial charge in [0.1, 0.15) is 23.2 Å². The van der Waals surface area contributed by atoms with E-state index in [-0.39, 0.29) is 6.10 Å². The first kappa shape index (κ1) is 16.3. The summed E-state index contributed by atoms with van der Waals surface area (Å²) in [6.45, 7) is 2.93. The molecule has 0 aliphatic carbocycles. The largest absolute Gasteiger partial charge is 0.497 e. The van der Waals surface area contributed by atoms with Crippen molar-refractivity contribution in [3.8, 4) is 17.0 Å². The Kier molecular flexibility index (Phi) is 4.78. The van der Waals surface area contributed by atoms with E-state index in [1.165, 1.54) is 0 Å². The predicted octanol–water partition coefficient (Wildman–Crippen LogP) is 2.70. The van der Waals surface area contributed by atoms with Crippen LogP contribution in [0.25, 0.3) is 11.3 Å². The first-order valence-corrected chi connectivity index (χ1v) is 9.11. The van der Waals surface area contributed by atoms with Gasteiger partial charge in [0, 0.05) is 36.4 Å². The molecular weight excluding hydrogens is 336 g/mol. The van der Waals surface area contributed by atoms with Gasteiger partial charge < -0.3 is 19.4 Å². The van der Waals surface area contributed by atoms with Crippen molar-refractivity contribution in [1.82, 2.24) is 19.9 Å². The van der Waals surface area contributed by atoms with E-state index in [1.54, 1.807) is 18.4 Å². The minimum atomic E-state index is 0.144. The highest BCUT2D eigenvalue weighted by Gasteiger charge is 2.21. The molecule has 25 heavy (non-hydrogen) atoms. The molecule has 1 atom stereocenters. The van der Waals surface area contributed by atoms with E-state index in [0.717, 1.165) is 47.5 Å². The van der Waals surface area contributed by atoms with Crippen LogP contribution in [0.5, 0.6) is 5.75 Å². The molecule has 1 aliphatic heterocycles. The Morgan fingerprint density at radius 2 is 2.24 bits per heavy atom. The Morgan fingerprint density at radius 1 is 1.36 bits per heavy atom. The molecule has 0 bridgehead atoms. The Labute approximate surface area is 150 Å². The van der Waals surface area contributed by atoms with Gasteiger partial charge in [0.25, 0.3) is 0 Å². The van der Waals surface area contributed by atoms with Crippen LogP contribution in [0.3, 0.4) is 0 Å². The molecule has 0 saturated carbocycles. The molecule has 1 aromatic carbocycles. The van der Waals surface area contributed by atoms with Crippen molar-refractivity contribution in [1.29, 1.82) is 0 Å². The summed E-state index contributed by atoms with van der Waals surface area (Å²) in [6.07, 6.45) is 4.08. The molecule has 130 valence electrons. The van der Waals surface area contributed by atoms with Crippen LogP contribution in [-0.4, -0.2) is 34.3 Å². The molecule has 0 radical (unpaired) electrons. The lowest BCUT2D eigenvalue weighted by Gasteiger charge is -2.24. The minimum Gasteiger partial charge on any atom is -0.497 e. The van der Waals surface area contributed by atoms with Crippen LogP contribution in [0.15, 0.2) is 42.0 Å². The lowest BCUT2D eigenvalue weighted by molar-refractivity contribution is 0.00278. The summed E-state index contributed by atoms with van der Waals surface area (Å²) in [4.78, 5) is 8.98. The Morgan fingerprint density at radius 3 is 3.00 bits per heavy atom. The van der Waals surface area contributed by atoms with E-state index >= 15 is 0 Å². The first-order chi connectivity index (χ1) is 12.3. The smallest absolute Gasteiger partial charge is 0.135 e. The number of hydrogen-bond donors (Lipinski definition) is 1. The normalized spacial score (nSPS) is 16.6.